The SMILES string of the molecule is CC(C)C(=O)C1(n2cccc2-c2ccccc2)CC1.O=C=O.O=C=O. The van der Waals surface area contributed by atoms with E-state index in [0.29, 0.717) is 5.78 Å². The van der Waals surface area contributed by atoms with Gasteiger partial charge in [-0.25, -0.2) is 0 Å². The Hall–Kier alpha value is -3.07. The van der Waals surface area contributed by atoms with E-state index in [9.17, 15) is 4.79 Å². The molecule has 1 aliphatic carbocycles. The molecule has 3 rings (SSSR count). The van der Waals surface area contributed by atoms with E-state index in [0.717, 1.165) is 18.5 Å². The van der Waals surface area contributed by atoms with E-state index < -0.39 is 0 Å². The molecule has 0 spiro atoms. The molecular formula is C19H19NO5. The summed E-state index contributed by atoms with van der Waals surface area (Å²) in [6, 6.07) is 14.4. The first-order chi connectivity index (χ1) is 12.0. The maximum Gasteiger partial charge on any atom is 0.373 e. The zero-order valence-electron chi connectivity index (χ0n) is 14.1. The Morgan fingerprint density at radius 3 is 1.92 bits per heavy atom. The summed E-state index contributed by atoms with van der Waals surface area (Å²) in [5.41, 5.74) is 2.05. The fourth-order valence-corrected chi connectivity index (χ4v) is 2.86. The fraction of sp³-hybridized carbons (Fsp3) is 0.316. The minimum atomic E-state index is -0.275. The molecule has 1 heterocycles. The normalized spacial score (nSPS) is 13.2. The van der Waals surface area contributed by atoms with Gasteiger partial charge in [-0.15, -0.1) is 0 Å². The van der Waals surface area contributed by atoms with Crippen molar-refractivity contribution in [3.8, 4) is 11.3 Å². The predicted molar refractivity (Wildman–Crippen MR) is 86.9 cm³/mol. The van der Waals surface area contributed by atoms with Crippen LogP contribution in [0.5, 0.6) is 0 Å². The van der Waals surface area contributed by atoms with E-state index in [1.807, 2.05) is 38.1 Å². The van der Waals surface area contributed by atoms with Crippen LogP contribution in [0.2, 0.25) is 0 Å². The van der Waals surface area contributed by atoms with Crippen molar-refractivity contribution in [2.75, 3.05) is 0 Å². The van der Waals surface area contributed by atoms with Crippen LogP contribution in [0.4, 0.5) is 0 Å². The molecule has 1 saturated carbocycles. The van der Waals surface area contributed by atoms with Crippen LogP contribution < -0.4 is 0 Å². The number of nitrogens with zero attached hydrogens (tertiary/aromatic N) is 1. The predicted octanol–water partition coefficient (Wildman–Crippen LogP) is 2.70. The third kappa shape index (κ3) is 4.70. The van der Waals surface area contributed by atoms with Gasteiger partial charge < -0.3 is 4.57 Å². The Bertz CT molecular complexity index is 748. The number of benzene rings is 1. The summed E-state index contributed by atoms with van der Waals surface area (Å²) in [7, 11) is 0. The van der Waals surface area contributed by atoms with E-state index in [1.165, 1.54) is 5.56 Å². The highest BCUT2D eigenvalue weighted by molar-refractivity contribution is 5.91. The van der Waals surface area contributed by atoms with Gasteiger partial charge in [0.15, 0.2) is 5.78 Å². The number of carbonyl (C=O) groups is 1. The van der Waals surface area contributed by atoms with Crippen molar-refractivity contribution in [2.45, 2.75) is 32.2 Å². The van der Waals surface area contributed by atoms with E-state index in [4.69, 9.17) is 19.2 Å². The summed E-state index contributed by atoms with van der Waals surface area (Å²) in [5.74, 6) is 0.453. The summed E-state index contributed by atoms with van der Waals surface area (Å²) in [6.07, 6.45) is 4.49. The number of hydrogen-bond donors (Lipinski definition) is 0. The molecule has 1 fully saturated rings. The van der Waals surface area contributed by atoms with Gasteiger partial charge in [0.2, 0.25) is 0 Å². The number of Topliss-reactive ketones (excluding diaryl/α,β-unsaturated/α-hetero) is 1. The standard InChI is InChI=1S/C17H19NO.2CO2/c1-13(2)16(19)17(10-11-17)18-12-6-9-15(18)14-7-4-3-5-8-14;2*2-1-3/h3-9,12-13H,10-11H2,1-2H3;;. The Labute approximate surface area is 145 Å². The first-order valence-corrected chi connectivity index (χ1v) is 7.74. The molecule has 6 heteroatoms. The van der Waals surface area contributed by atoms with Gasteiger partial charge in [-0.1, -0.05) is 44.2 Å². The summed E-state index contributed by atoms with van der Waals surface area (Å²) in [4.78, 5) is 45.0. The lowest BCUT2D eigenvalue weighted by Gasteiger charge is -2.21. The fourth-order valence-electron chi connectivity index (χ4n) is 2.86. The highest BCUT2D eigenvalue weighted by Gasteiger charge is 2.52. The summed E-state index contributed by atoms with van der Waals surface area (Å²) in [5, 5.41) is 0. The topological polar surface area (TPSA) is 90.3 Å². The summed E-state index contributed by atoms with van der Waals surface area (Å²) >= 11 is 0. The van der Waals surface area contributed by atoms with Gasteiger partial charge in [0, 0.05) is 17.8 Å². The van der Waals surface area contributed by atoms with E-state index >= 15 is 0 Å². The van der Waals surface area contributed by atoms with Gasteiger partial charge in [0.1, 0.15) is 5.54 Å². The van der Waals surface area contributed by atoms with Crippen LogP contribution in [0.1, 0.15) is 26.7 Å². The highest BCUT2D eigenvalue weighted by Crippen LogP contribution is 2.48. The minimum Gasteiger partial charge on any atom is -0.334 e. The molecule has 0 N–H and O–H groups in total. The highest BCUT2D eigenvalue weighted by atomic mass is 16.2. The molecule has 0 radical (unpaired) electrons. The number of carbonyl (C=O) groups excluding carboxylic acids is 5. The van der Waals surface area contributed by atoms with Crippen LogP contribution in [-0.2, 0) is 29.5 Å². The van der Waals surface area contributed by atoms with Crippen LogP contribution in [0.3, 0.4) is 0 Å². The second-order valence-corrected chi connectivity index (χ2v) is 5.85. The lowest BCUT2D eigenvalue weighted by Crippen LogP contribution is -2.31. The van der Waals surface area contributed by atoms with Crippen LogP contribution in [0, 0.1) is 5.92 Å². The minimum absolute atomic E-state index is 0.0912. The van der Waals surface area contributed by atoms with Gasteiger partial charge in [-0.2, -0.15) is 19.2 Å². The molecule has 2 aromatic rings. The van der Waals surface area contributed by atoms with Crippen LogP contribution in [0.25, 0.3) is 11.3 Å². The Morgan fingerprint density at radius 2 is 1.48 bits per heavy atom. The van der Waals surface area contributed by atoms with Crippen molar-refractivity contribution in [2.24, 2.45) is 5.92 Å². The molecule has 0 unspecified atom stereocenters. The van der Waals surface area contributed by atoms with Gasteiger partial charge in [0.05, 0.1) is 0 Å². The van der Waals surface area contributed by atoms with Crippen molar-refractivity contribution in [1.29, 1.82) is 0 Å². The third-order valence-corrected chi connectivity index (χ3v) is 3.99. The molecule has 25 heavy (non-hydrogen) atoms. The van der Waals surface area contributed by atoms with Gasteiger partial charge >= 0.3 is 12.3 Å². The average Bonchev–Trinajstić information content (AvgIpc) is 3.25. The van der Waals surface area contributed by atoms with E-state index in [-0.39, 0.29) is 23.8 Å². The van der Waals surface area contributed by atoms with Crippen molar-refractivity contribution in [3.05, 3.63) is 48.7 Å². The molecule has 0 atom stereocenters. The molecule has 0 saturated heterocycles. The molecule has 0 aliphatic heterocycles. The summed E-state index contributed by atoms with van der Waals surface area (Å²) in [6.45, 7) is 3.99. The van der Waals surface area contributed by atoms with E-state index in [2.05, 4.69) is 29.0 Å². The maximum atomic E-state index is 12.5. The number of hydrogen-bond acceptors (Lipinski definition) is 5. The number of rotatable bonds is 4. The lowest BCUT2D eigenvalue weighted by atomic mass is 9.99. The summed E-state index contributed by atoms with van der Waals surface area (Å²) < 4.78 is 2.19. The molecule has 6 nitrogen and oxygen atoms in total. The Balaban J connectivity index is 0.000000460. The lowest BCUT2D eigenvalue weighted by molar-refractivity contribution is -0.193. The average molecular weight is 341 g/mol. The zero-order valence-corrected chi connectivity index (χ0v) is 14.1. The second kappa shape index (κ2) is 9.28. The van der Waals surface area contributed by atoms with Crippen molar-refractivity contribution in [1.82, 2.24) is 4.57 Å². The van der Waals surface area contributed by atoms with Crippen LogP contribution in [-0.4, -0.2) is 22.7 Å². The molecule has 1 aromatic heterocycles. The van der Waals surface area contributed by atoms with Crippen molar-refractivity contribution in [3.63, 3.8) is 0 Å². The van der Waals surface area contributed by atoms with Crippen molar-refractivity contribution >= 4 is 18.1 Å². The van der Waals surface area contributed by atoms with Crippen molar-refractivity contribution < 1.29 is 24.0 Å². The zero-order chi connectivity index (χ0) is 18.9. The number of aromatic nitrogens is 1. The van der Waals surface area contributed by atoms with Gasteiger partial charge in [0.25, 0.3) is 0 Å². The Kier molecular flexibility index (Phi) is 7.42. The van der Waals surface area contributed by atoms with Gasteiger partial charge in [-0.05, 0) is 30.5 Å². The molecule has 0 amide bonds. The Morgan fingerprint density at radius 1 is 0.960 bits per heavy atom. The molecule has 1 aliphatic rings. The largest absolute Gasteiger partial charge is 0.373 e. The van der Waals surface area contributed by atoms with Crippen LogP contribution >= 0.6 is 0 Å². The van der Waals surface area contributed by atoms with E-state index in [1.54, 1.807) is 0 Å². The smallest absolute Gasteiger partial charge is 0.334 e. The first-order valence-electron chi connectivity index (χ1n) is 7.74. The quantitative estimate of drug-likeness (QED) is 0.853. The third-order valence-electron chi connectivity index (χ3n) is 3.99. The molecular weight excluding hydrogens is 322 g/mol. The van der Waals surface area contributed by atoms with Gasteiger partial charge in [-0.3, -0.25) is 4.79 Å². The molecule has 130 valence electrons. The molecule has 0 bridgehead atoms. The maximum absolute atomic E-state index is 12.5. The number of ketones is 1. The second-order valence-electron chi connectivity index (χ2n) is 5.85. The first kappa shape index (κ1) is 20.0. The molecule has 1 aromatic carbocycles. The monoisotopic (exact) mass is 341 g/mol. The van der Waals surface area contributed by atoms with Crippen LogP contribution in [0.15, 0.2) is 48.7 Å².